The summed E-state index contributed by atoms with van der Waals surface area (Å²) in [4.78, 5) is 0. The molecule has 0 aliphatic carbocycles. The number of phenolic OH excluding ortho intramolecular Hbond substituents is 1. The van der Waals surface area contributed by atoms with Gasteiger partial charge in [0, 0.05) is 5.27 Å². The van der Waals surface area contributed by atoms with Crippen molar-refractivity contribution < 1.29 is 9.63 Å². The first-order valence-corrected chi connectivity index (χ1v) is 3.43. The van der Waals surface area contributed by atoms with Crippen LogP contribution in [-0.2, 0) is 0 Å². The number of hydrogen-bond acceptors (Lipinski definition) is 4. The van der Waals surface area contributed by atoms with Gasteiger partial charge in [0.1, 0.15) is 5.75 Å². The van der Waals surface area contributed by atoms with Gasteiger partial charge in [0.05, 0.1) is 11.8 Å². The molecule has 0 saturated heterocycles. The van der Waals surface area contributed by atoms with Crippen LogP contribution < -0.4 is 0 Å². The van der Waals surface area contributed by atoms with E-state index in [9.17, 15) is 5.11 Å². The Hall–Kier alpha value is -1.84. The molecule has 0 aliphatic rings. The predicted molar refractivity (Wildman–Crippen MR) is 41.4 cm³/mol. The molecule has 4 nitrogen and oxygen atoms in total. The number of para-hydroxylation sites is 1. The fourth-order valence-corrected chi connectivity index (χ4v) is 0.968. The standard InChI is InChI=1S/C8H6N2O2/c11-7-4-2-1-3-6(7)8-5-9-10-12-8/h1-5,11H. The van der Waals surface area contributed by atoms with E-state index >= 15 is 0 Å². The highest BCUT2D eigenvalue weighted by molar-refractivity contribution is 5.63. The molecule has 1 aromatic heterocycles. The maximum absolute atomic E-state index is 9.37. The van der Waals surface area contributed by atoms with Crippen LogP contribution in [0, 0.1) is 0 Å². The normalized spacial score (nSPS) is 10.0. The summed E-state index contributed by atoms with van der Waals surface area (Å²) >= 11 is 0. The fraction of sp³-hybridized carbons (Fsp3) is 0. The van der Waals surface area contributed by atoms with E-state index in [1.807, 2.05) is 0 Å². The monoisotopic (exact) mass is 162 g/mol. The third kappa shape index (κ3) is 1.03. The lowest BCUT2D eigenvalue weighted by Gasteiger charge is -1.96. The second kappa shape index (κ2) is 2.65. The molecular formula is C8H6N2O2. The Balaban J connectivity index is 2.55. The van der Waals surface area contributed by atoms with Gasteiger partial charge in [0.25, 0.3) is 0 Å². The van der Waals surface area contributed by atoms with Gasteiger partial charge in [-0.05, 0) is 12.1 Å². The summed E-state index contributed by atoms with van der Waals surface area (Å²) in [5, 5.41) is 16.2. The molecule has 1 heterocycles. The van der Waals surface area contributed by atoms with E-state index in [0.717, 1.165) is 0 Å². The Bertz CT molecular complexity index is 370. The SMILES string of the molecule is Oc1ccccc1-c1cnno1. The van der Waals surface area contributed by atoms with Crippen LogP contribution in [0.1, 0.15) is 0 Å². The van der Waals surface area contributed by atoms with Gasteiger partial charge < -0.3 is 9.63 Å². The van der Waals surface area contributed by atoms with Crippen molar-refractivity contribution in [3.8, 4) is 17.1 Å². The summed E-state index contributed by atoms with van der Waals surface area (Å²) in [5.74, 6) is 0.629. The molecular weight excluding hydrogens is 156 g/mol. The van der Waals surface area contributed by atoms with Crippen LogP contribution in [0.5, 0.6) is 5.75 Å². The highest BCUT2D eigenvalue weighted by atomic mass is 16.5. The number of nitrogens with zero attached hydrogens (tertiary/aromatic N) is 2. The Morgan fingerprint density at radius 2 is 2.08 bits per heavy atom. The summed E-state index contributed by atoms with van der Waals surface area (Å²) in [6.45, 7) is 0. The first kappa shape index (κ1) is 6.84. The van der Waals surface area contributed by atoms with Crippen LogP contribution in [0.3, 0.4) is 0 Å². The van der Waals surface area contributed by atoms with Crippen molar-refractivity contribution in [3.05, 3.63) is 30.5 Å². The minimum Gasteiger partial charge on any atom is -0.507 e. The van der Waals surface area contributed by atoms with E-state index in [0.29, 0.717) is 11.3 Å². The molecule has 60 valence electrons. The maximum atomic E-state index is 9.37. The van der Waals surface area contributed by atoms with E-state index in [1.54, 1.807) is 24.3 Å². The molecule has 1 aromatic carbocycles. The highest BCUT2D eigenvalue weighted by Gasteiger charge is 2.06. The van der Waals surface area contributed by atoms with Gasteiger partial charge in [-0.1, -0.05) is 12.1 Å². The van der Waals surface area contributed by atoms with Crippen molar-refractivity contribution in [1.82, 2.24) is 10.4 Å². The topological polar surface area (TPSA) is 59.2 Å². The number of aromatic nitrogens is 2. The van der Waals surface area contributed by atoms with E-state index < -0.39 is 0 Å². The minimum absolute atomic E-state index is 0.163. The largest absolute Gasteiger partial charge is 0.507 e. The Morgan fingerprint density at radius 1 is 1.25 bits per heavy atom. The van der Waals surface area contributed by atoms with Gasteiger partial charge >= 0.3 is 0 Å². The zero-order valence-corrected chi connectivity index (χ0v) is 6.14. The molecule has 0 atom stereocenters. The van der Waals surface area contributed by atoms with Crippen molar-refractivity contribution in [3.63, 3.8) is 0 Å². The van der Waals surface area contributed by atoms with Crippen LogP contribution in [0.25, 0.3) is 11.3 Å². The Labute approximate surface area is 68.4 Å². The Morgan fingerprint density at radius 3 is 2.75 bits per heavy atom. The molecule has 1 N–H and O–H groups in total. The third-order valence-electron chi connectivity index (χ3n) is 1.53. The van der Waals surface area contributed by atoms with Crippen LogP contribution >= 0.6 is 0 Å². The van der Waals surface area contributed by atoms with E-state index in [-0.39, 0.29) is 5.75 Å². The maximum Gasteiger partial charge on any atom is 0.191 e. The second-order valence-corrected chi connectivity index (χ2v) is 2.30. The van der Waals surface area contributed by atoms with E-state index in [1.165, 1.54) is 6.20 Å². The van der Waals surface area contributed by atoms with Crippen molar-refractivity contribution in [2.24, 2.45) is 0 Å². The van der Waals surface area contributed by atoms with Crippen LogP contribution in [-0.4, -0.2) is 15.5 Å². The fourth-order valence-electron chi connectivity index (χ4n) is 0.968. The quantitative estimate of drug-likeness (QED) is 0.689. The average molecular weight is 162 g/mol. The van der Waals surface area contributed by atoms with Gasteiger partial charge in [0.15, 0.2) is 5.76 Å². The zero-order chi connectivity index (χ0) is 8.39. The molecule has 0 fully saturated rings. The summed E-state index contributed by atoms with van der Waals surface area (Å²) in [6, 6.07) is 6.86. The van der Waals surface area contributed by atoms with E-state index in [4.69, 9.17) is 4.52 Å². The number of rotatable bonds is 1. The first-order valence-electron chi connectivity index (χ1n) is 3.43. The molecule has 0 amide bonds. The van der Waals surface area contributed by atoms with Crippen molar-refractivity contribution in [2.45, 2.75) is 0 Å². The molecule has 2 rings (SSSR count). The van der Waals surface area contributed by atoms with Gasteiger partial charge in [-0.25, -0.2) is 0 Å². The van der Waals surface area contributed by atoms with Gasteiger partial charge in [-0.15, -0.1) is 5.10 Å². The first-order chi connectivity index (χ1) is 5.88. The van der Waals surface area contributed by atoms with Crippen molar-refractivity contribution >= 4 is 0 Å². The molecule has 2 aromatic rings. The highest BCUT2D eigenvalue weighted by Crippen LogP contribution is 2.26. The van der Waals surface area contributed by atoms with Crippen LogP contribution in [0.4, 0.5) is 0 Å². The van der Waals surface area contributed by atoms with Crippen LogP contribution in [0.2, 0.25) is 0 Å². The molecule has 12 heavy (non-hydrogen) atoms. The molecule has 0 saturated carbocycles. The lowest BCUT2D eigenvalue weighted by molar-refractivity contribution is 0.400. The lowest BCUT2D eigenvalue weighted by atomic mass is 10.2. The van der Waals surface area contributed by atoms with Gasteiger partial charge in [-0.2, -0.15) is 0 Å². The molecule has 0 unspecified atom stereocenters. The molecule has 0 spiro atoms. The summed E-state index contributed by atoms with van der Waals surface area (Å²) in [7, 11) is 0. The van der Waals surface area contributed by atoms with Crippen molar-refractivity contribution in [1.29, 1.82) is 0 Å². The Kier molecular flexibility index (Phi) is 1.51. The molecule has 0 radical (unpaired) electrons. The molecule has 0 bridgehead atoms. The third-order valence-corrected chi connectivity index (χ3v) is 1.53. The van der Waals surface area contributed by atoms with Crippen molar-refractivity contribution in [2.75, 3.05) is 0 Å². The van der Waals surface area contributed by atoms with Gasteiger partial charge in [0.2, 0.25) is 0 Å². The minimum atomic E-state index is 0.163. The molecule has 0 aliphatic heterocycles. The average Bonchev–Trinajstić information content (AvgIpc) is 2.57. The van der Waals surface area contributed by atoms with E-state index in [2.05, 4.69) is 10.4 Å². The number of aromatic hydroxyl groups is 1. The predicted octanol–water partition coefficient (Wildman–Crippen LogP) is 1.44. The second-order valence-electron chi connectivity index (χ2n) is 2.30. The number of hydrogen-bond donors (Lipinski definition) is 1. The zero-order valence-electron chi connectivity index (χ0n) is 6.14. The summed E-state index contributed by atoms with van der Waals surface area (Å²) in [5.41, 5.74) is 0.600. The molecule has 4 heteroatoms. The van der Waals surface area contributed by atoms with Crippen LogP contribution in [0.15, 0.2) is 35.0 Å². The van der Waals surface area contributed by atoms with Gasteiger partial charge in [-0.3, -0.25) is 0 Å². The number of benzene rings is 1. The smallest absolute Gasteiger partial charge is 0.191 e. The number of phenols is 1. The lowest BCUT2D eigenvalue weighted by Crippen LogP contribution is -1.73. The summed E-state index contributed by atoms with van der Waals surface area (Å²) in [6.07, 6.45) is 1.45. The summed E-state index contributed by atoms with van der Waals surface area (Å²) < 4.78 is 4.78.